The van der Waals surface area contributed by atoms with E-state index in [1.165, 1.54) is 0 Å². The number of nitrogens with one attached hydrogen (secondary N) is 2. The van der Waals surface area contributed by atoms with E-state index in [9.17, 15) is 9.59 Å². The van der Waals surface area contributed by atoms with E-state index in [2.05, 4.69) is 9.97 Å². The molecule has 3 heterocycles. The summed E-state index contributed by atoms with van der Waals surface area (Å²) in [5.41, 5.74) is 1.93. The Bertz CT molecular complexity index is 577. The van der Waals surface area contributed by atoms with Crippen molar-refractivity contribution in [3.8, 4) is 0 Å². The van der Waals surface area contributed by atoms with Crippen LogP contribution < -0.4 is 0 Å². The number of hydrogen-bond donors (Lipinski definition) is 2. The number of hydrogen-bond acceptors (Lipinski definition) is 2. The van der Waals surface area contributed by atoms with Crippen molar-refractivity contribution in [1.29, 1.82) is 0 Å². The fraction of sp³-hybridized carbons (Fsp3) is 0.412. The molecule has 2 aromatic heterocycles. The van der Waals surface area contributed by atoms with Gasteiger partial charge in [-0.1, -0.05) is 0 Å². The predicted molar refractivity (Wildman–Crippen MR) is 86.8 cm³/mol. The van der Waals surface area contributed by atoms with Crippen molar-refractivity contribution >= 4 is 11.8 Å². The van der Waals surface area contributed by atoms with Crippen LogP contribution in [0.3, 0.4) is 0 Å². The van der Waals surface area contributed by atoms with Crippen LogP contribution in [0.15, 0.2) is 36.8 Å². The quantitative estimate of drug-likeness (QED) is 0.890. The van der Waals surface area contributed by atoms with E-state index in [-0.39, 0.29) is 11.8 Å². The maximum absolute atomic E-state index is 12.4. The molecule has 1 fully saturated rings. The summed E-state index contributed by atoms with van der Waals surface area (Å²) >= 11 is 0. The largest absolute Gasteiger partial charge is 0.367 e. The van der Waals surface area contributed by atoms with Crippen molar-refractivity contribution in [1.82, 2.24) is 19.8 Å². The molecule has 2 aromatic rings. The minimum atomic E-state index is 0.118. The van der Waals surface area contributed by atoms with Gasteiger partial charge in [0.05, 0.1) is 12.8 Å². The fourth-order valence-corrected chi connectivity index (χ4v) is 2.92. The molecule has 1 aliphatic rings. The van der Waals surface area contributed by atoms with Gasteiger partial charge in [-0.3, -0.25) is 9.59 Å². The van der Waals surface area contributed by atoms with E-state index in [1.807, 2.05) is 46.6 Å². The molecule has 2 amide bonds. The Kier molecular flexibility index (Phi) is 4.80. The Balaban J connectivity index is 1.52. The molecule has 0 atom stereocenters. The van der Waals surface area contributed by atoms with Gasteiger partial charge in [0.2, 0.25) is 11.8 Å². The maximum atomic E-state index is 12.4. The summed E-state index contributed by atoms with van der Waals surface area (Å²) in [5, 5.41) is 0. The van der Waals surface area contributed by atoms with Gasteiger partial charge in [-0.15, -0.1) is 0 Å². The van der Waals surface area contributed by atoms with Gasteiger partial charge in [0, 0.05) is 50.5 Å². The van der Waals surface area contributed by atoms with Gasteiger partial charge in [-0.25, -0.2) is 0 Å². The van der Waals surface area contributed by atoms with Crippen molar-refractivity contribution in [2.75, 3.05) is 26.2 Å². The molecule has 0 spiro atoms. The second kappa shape index (κ2) is 7.17. The zero-order chi connectivity index (χ0) is 16.1. The Morgan fingerprint density at radius 1 is 0.957 bits per heavy atom. The number of rotatable bonds is 4. The van der Waals surface area contributed by atoms with Crippen molar-refractivity contribution in [3.63, 3.8) is 0 Å². The number of aromatic nitrogens is 2. The van der Waals surface area contributed by atoms with E-state index >= 15 is 0 Å². The predicted octanol–water partition coefficient (Wildman–Crippen LogP) is 1.19. The summed E-state index contributed by atoms with van der Waals surface area (Å²) in [6.45, 7) is 2.65. The topological polar surface area (TPSA) is 72.2 Å². The third-order valence-corrected chi connectivity index (χ3v) is 4.22. The minimum Gasteiger partial charge on any atom is -0.367 e. The van der Waals surface area contributed by atoms with Gasteiger partial charge in [0.25, 0.3) is 0 Å². The van der Waals surface area contributed by atoms with Crippen LogP contribution in [0.2, 0.25) is 0 Å². The first-order valence-corrected chi connectivity index (χ1v) is 8.02. The Morgan fingerprint density at radius 3 is 2.30 bits per heavy atom. The molecule has 0 saturated carbocycles. The summed E-state index contributed by atoms with van der Waals surface area (Å²) in [5.74, 6) is 0.246. The van der Waals surface area contributed by atoms with Crippen LogP contribution in [0, 0.1) is 0 Å². The third kappa shape index (κ3) is 4.03. The van der Waals surface area contributed by atoms with Crippen molar-refractivity contribution in [2.45, 2.75) is 19.3 Å². The van der Waals surface area contributed by atoms with Crippen LogP contribution in [-0.4, -0.2) is 57.8 Å². The van der Waals surface area contributed by atoms with E-state index < -0.39 is 0 Å². The molecule has 0 aromatic carbocycles. The number of carbonyl (C=O) groups excluding carboxylic acids is 2. The molecule has 6 heteroatoms. The second-order valence-corrected chi connectivity index (χ2v) is 5.88. The third-order valence-electron chi connectivity index (χ3n) is 4.22. The van der Waals surface area contributed by atoms with Crippen LogP contribution in [0.1, 0.15) is 17.7 Å². The molecule has 23 heavy (non-hydrogen) atoms. The number of H-pyrrole nitrogens is 2. The first-order chi connectivity index (χ1) is 11.2. The molecule has 3 rings (SSSR count). The smallest absolute Gasteiger partial charge is 0.228 e. The molecule has 1 saturated heterocycles. The lowest BCUT2D eigenvalue weighted by Crippen LogP contribution is -2.38. The highest BCUT2D eigenvalue weighted by Crippen LogP contribution is 2.09. The lowest BCUT2D eigenvalue weighted by atomic mass is 10.2. The highest BCUT2D eigenvalue weighted by Gasteiger charge is 2.22. The molecular formula is C17H22N4O2. The summed E-state index contributed by atoms with van der Waals surface area (Å²) in [7, 11) is 0. The first-order valence-electron chi connectivity index (χ1n) is 8.02. The van der Waals surface area contributed by atoms with Crippen LogP contribution in [0.4, 0.5) is 0 Å². The molecular weight excluding hydrogens is 292 g/mol. The fourth-order valence-electron chi connectivity index (χ4n) is 2.92. The summed E-state index contributed by atoms with van der Waals surface area (Å²) in [4.78, 5) is 34.5. The van der Waals surface area contributed by atoms with E-state index in [0.29, 0.717) is 32.5 Å². The number of amides is 2. The molecule has 122 valence electrons. The van der Waals surface area contributed by atoms with E-state index in [1.54, 1.807) is 0 Å². The van der Waals surface area contributed by atoms with Crippen LogP contribution in [0.25, 0.3) is 0 Å². The number of aromatic amines is 2. The maximum Gasteiger partial charge on any atom is 0.228 e. The normalized spacial score (nSPS) is 15.5. The summed E-state index contributed by atoms with van der Waals surface area (Å²) < 4.78 is 0. The highest BCUT2D eigenvalue weighted by atomic mass is 16.2. The highest BCUT2D eigenvalue weighted by molar-refractivity contribution is 5.80. The van der Waals surface area contributed by atoms with Gasteiger partial charge >= 0.3 is 0 Å². The van der Waals surface area contributed by atoms with E-state index in [0.717, 1.165) is 24.2 Å². The summed E-state index contributed by atoms with van der Waals surface area (Å²) in [6, 6.07) is 5.73. The zero-order valence-corrected chi connectivity index (χ0v) is 13.1. The molecule has 1 aliphatic heterocycles. The average Bonchev–Trinajstić information content (AvgIpc) is 3.17. The van der Waals surface area contributed by atoms with Gasteiger partial charge in [-0.2, -0.15) is 0 Å². The lowest BCUT2D eigenvalue weighted by Gasteiger charge is -2.22. The van der Waals surface area contributed by atoms with Crippen LogP contribution in [0.5, 0.6) is 0 Å². The molecule has 0 radical (unpaired) electrons. The van der Waals surface area contributed by atoms with Gasteiger partial charge in [0.1, 0.15) is 0 Å². The van der Waals surface area contributed by atoms with Crippen molar-refractivity contribution in [2.24, 2.45) is 0 Å². The van der Waals surface area contributed by atoms with Crippen LogP contribution >= 0.6 is 0 Å². The van der Waals surface area contributed by atoms with Crippen LogP contribution in [-0.2, 0) is 22.4 Å². The lowest BCUT2D eigenvalue weighted by molar-refractivity contribution is -0.132. The summed E-state index contributed by atoms with van der Waals surface area (Å²) in [6.07, 6.45) is 7.14. The van der Waals surface area contributed by atoms with Crippen molar-refractivity contribution < 1.29 is 9.59 Å². The van der Waals surface area contributed by atoms with Gasteiger partial charge < -0.3 is 19.8 Å². The Morgan fingerprint density at radius 2 is 1.70 bits per heavy atom. The molecule has 6 nitrogen and oxygen atoms in total. The standard InChI is InChI=1S/C17H22N4O2/c22-16(11-14-4-6-18-13-14)20-7-2-8-21(10-9-20)17(23)12-15-3-1-5-19-15/h1,3-6,13,18-19H,2,7-12H2. The van der Waals surface area contributed by atoms with Gasteiger partial charge in [0.15, 0.2) is 0 Å². The molecule has 0 aliphatic carbocycles. The average molecular weight is 314 g/mol. The van der Waals surface area contributed by atoms with Gasteiger partial charge in [-0.05, 0) is 30.2 Å². The SMILES string of the molecule is O=C(Cc1cc[nH]c1)N1CCCN(C(=O)Cc2ccc[nH]2)CC1. The second-order valence-electron chi connectivity index (χ2n) is 5.88. The Labute approximate surface area is 135 Å². The van der Waals surface area contributed by atoms with E-state index in [4.69, 9.17) is 0 Å². The molecule has 2 N–H and O–H groups in total. The first kappa shape index (κ1) is 15.4. The van der Waals surface area contributed by atoms with Crippen molar-refractivity contribution in [3.05, 3.63) is 48.0 Å². The minimum absolute atomic E-state index is 0.118. The molecule has 0 unspecified atom stereocenters. The Hall–Kier alpha value is -2.50. The number of carbonyl (C=O) groups is 2. The monoisotopic (exact) mass is 314 g/mol. The number of nitrogens with zero attached hydrogens (tertiary/aromatic N) is 2. The molecule has 0 bridgehead atoms. The zero-order valence-electron chi connectivity index (χ0n) is 13.1.